The lowest BCUT2D eigenvalue weighted by atomic mass is 9.71. The molecule has 0 saturated carbocycles. The number of rotatable bonds is 5. The highest BCUT2D eigenvalue weighted by Crippen LogP contribution is 2.40. The molecule has 0 bridgehead atoms. The molecule has 0 radical (unpaired) electrons. The third-order valence-corrected chi connectivity index (χ3v) is 5.28. The number of likely N-dealkylation sites (tertiary alicyclic amines) is 1. The van der Waals surface area contributed by atoms with Crippen molar-refractivity contribution in [3.8, 4) is 0 Å². The van der Waals surface area contributed by atoms with Crippen LogP contribution in [0.4, 0.5) is 0 Å². The summed E-state index contributed by atoms with van der Waals surface area (Å²) < 4.78 is 0. The molecule has 2 rings (SSSR count). The number of nitrogens with zero attached hydrogens (tertiary/aromatic N) is 1. The first-order chi connectivity index (χ1) is 8.79. The first-order valence-electron chi connectivity index (χ1n) is 8.24. The van der Waals surface area contributed by atoms with Crippen molar-refractivity contribution in [3.05, 3.63) is 0 Å². The van der Waals surface area contributed by atoms with Gasteiger partial charge in [-0.25, -0.2) is 0 Å². The van der Waals surface area contributed by atoms with E-state index < -0.39 is 0 Å². The molecular formula is C16H32N2. The highest BCUT2D eigenvalue weighted by atomic mass is 15.2. The van der Waals surface area contributed by atoms with Crippen molar-refractivity contribution >= 4 is 0 Å². The quantitative estimate of drug-likeness (QED) is 0.806. The molecule has 106 valence electrons. The van der Waals surface area contributed by atoms with Gasteiger partial charge in [-0.1, -0.05) is 26.7 Å². The van der Waals surface area contributed by atoms with Gasteiger partial charge in [-0.05, 0) is 70.1 Å². The van der Waals surface area contributed by atoms with Gasteiger partial charge >= 0.3 is 0 Å². The van der Waals surface area contributed by atoms with E-state index >= 15 is 0 Å². The van der Waals surface area contributed by atoms with E-state index in [1.165, 1.54) is 77.5 Å². The minimum Gasteiger partial charge on any atom is -0.317 e. The van der Waals surface area contributed by atoms with Crippen molar-refractivity contribution in [3.63, 3.8) is 0 Å². The standard InChI is InChI=1S/C16H32N2/c1-3-5-15(6-4-2)18-13-9-16(10-14-18)7-11-17-12-8-16/h15,17H,3-14H2,1-2H3. The summed E-state index contributed by atoms with van der Waals surface area (Å²) in [6, 6.07) is 0.874. The molecule has 0 aromatic heterocycles. The third-order valence-electron chi connectivity index (χ3n) is 5.28. The van der Waals surface area contributed by atoms with Gasteiger partial charge in [0.15, 0.2) is 0 Å². The van der Waals surface area contributed by atoms with Crippen LogP contribution in [0.1, 0.15) is 65.2 Å². The van der Waals surface area contributed by atoms with Crippen molar-refractivity contribution < 1.29 is 0 Å². The number of hydrogen-bond acceptors (Lipinski definition) is 2. The summed E-state index contributed by atoms with van der Waals surface area (Å²) in [5, 5.41) is 3.52. The van der Waals surface area contributed by atoms with E-state index in [9.17, 15) is 0 Å². The number of piperidine rings is 2. The summed E-state index contributed by atoms with van der Waals surface area (Å²) in [6.45, 7) is 9.91. The third kappa shape index (κ3) is 3.48. The summed E-state index contributed by atoms with van der Waals surface area (Å²) in [4.78, 5) is 2.81. The topological polar surface area (TPSA) is 15.3 Å². The predicted molar refractivity (Wildman–Crippen MR) is 78.9 cm³/mol. The molecule has 2 fully saturated rings. The minimum absolute atomic E-state index is 0.713. The van der Waals surface area contributed by atoms with E-state index in [1.54, 1.807) is 0 Å². The molecule has 2 saturated heterocycles. The van der Waals surface area contributed by atoms with E-state index in [-0.39, 0.29) is 0 Å². The summed E-state index contributed by atoms with van der Waals surface area (Å²) >= 11 is 0. The van der Waals surface area contributed by atoms with Crippen LogP contribution >= 0.6 is 0 Å². The van der Waals surface area contributed by atoms with Crippen LogP contribution in [0.5, 0.6) is 0 Å². The lowest BCUT2D eigenvalue weighted by Crippen LogP contribution is -2.48. The first-order valence-corrected chi connectivity index (χ1v) is 8.24. The zero-order valence-corrected chi connectivity index (χ0v) is 12.5. The second-order valence-corrected chi connectivity index (χ2v) is 6.52. The fourth-order valence-corrected chi connectivity index (χ4v) is 4.00. The zero-order valence-electron chi connectivity index (χ0n) is 12.5. The van der Waals surface area contributed by atoms with Gasteiger partial charge in [-0.3, -0.25) is 0 Å². The Morgan fingerprint density at radius 3 is 2.00 bits per heavy atom. The molecule has 0 aromatic carbocycles. The van der Waals surface area contributed by atoms with Gasteiger partial charge in [0.2, 0.25) is 0 Å². The molecule has 1 N–H and O–H groups in total. The number of nitrogens with one attached hydrogen (secondary N) is 1. The average Bonchev–Trinajstić information content (AvgIpc) is 2.40. The van der Waals surface area contributed by atoms with Crippen LogP contribution in [0.3, 0.4) is 0 Å². The zero-order chi connectivity index (χ0) is 12.8. The average molecular weight is 252 g/mol. The van der Waals surface area contributed by atoms with E-state index in [2.05, 4.69) is 24.1 Å². The second-order valence-electron chi connectivity index (χ2n) is 6.52. The van der Waals surface area contributed by atoms with E-state index in [0.29, 0.717) is 5.41 Å². The molecule has 18 heavy (non-hydrogen) atoms. The Labute approximate surface area is 114 Å². The highest BCUT2D eigenvalue weighted by molar-refractivity contribution is 4.91. The predicted octanol–water partition coefficient (Wildman–Crippen LogP) is 3.42. The Bertz CT molecular complexity index is 217. The Balaban J connectivity index is 1.84. The molecule has 2 heteroatoms. The van der Waals surface area contributed by atoms with Crippen molar-refractivity contribution in [1.82, 2.24) is 10.2 Å². The Morgan fingerprint density at radius 1 is 0.944 bits per heavy atom. The SMILES string of the molecule is CCCC(CCC)N1CCC2(CCNCC2)CC1. The summed E-state index contributed by atoms with van der Waals surface area (Å²) in [6.07, 6.45) is 11.3. The highest BCUT2D eigenvalue weighted by Gasteiger charge is 2.36. The summed E-state index contributed by atoms with van der Waals surface area (Å²) in [5.41, 5.74) is 0.713. The van der Waals surface area contributed by atoms with Crippen molar-refractivity contribution in [2.75, 3.05) is 26.2 Å². The van der Waals surface area contributed by atoms with E-state index in [4.69, 9.17) is 0 Å². The van der Waals surface area contributed by atoms with Crippen molar-refractivity contribution in [1.29, 1.82) is 0 Å². The van der Waals surface area contributed by atoms with Crippen LogP contribution in [0, 0.1) is 5.41 Å². The monoisotopic (exact) mass is 252 g/mol. The molecule has 0 atom stereocenters. The fourth-order valence-electron chi connectivity index (χ4n) is 4.00. The lowest BCUT2D eigenvalue weighted by molar-refractivity contribution is 0.0447. The van der Waals surface area contributed by atoms with Gasteiger partial charge in [0.25, 0.3) is 0 Å². The molecule has 2 nitrogen and oxygen atoms in total. The molecule has 2 aliphatic rings. The molecule has 0 aliphatic carbocycles. The van der Waals surface area contributed by atoms with E-state index in [0.717, 1.165) is 6.04 Å². The maximum atomic E-state index is 3.52. The van der Waals surface area contributed by atoms with Gasteiger partial charge in [0.05, 0.1) is 0 Å². The molecule has 0 aromatic rings. The maximum Gasteiger partial charge on any atom is 0.00950 e. The van der Waals surface area contributed by atoms with Gasteiger partial charge in [-0.2, -0.15) is 0 Å². The van der Waals surface area contributed by atoms with Gasteiger partial charge in [0, 0.05) is 6.04 Å². The summed E-state index contributed by atoms with van der Waals surface area (Å²) in [7, 11) is 0. The van der Waals surface area contributed by atoms with Crippen molar-refractivity contribution in [2.45, 2.75) is 71.3 Å². The van der Waals surface area contributed by atoms with E-state index in [1.807, 2.05) is 0 Å². The number of hydrogen-bond donors (Lipinski definition) is 1. The van der Waals surface area contributed by atoms with Crippen molar-refractivity contribution in [2.24, 2.45) is 5.41 Å². The van der Waals surface area contributed by atoms with Gasteiger partial charge in [-0.15, -0.1) is 0 Å². The van der Waals surface area contributed by atoms with Gasteiger partial charge < -0.3 is 10.2 Å². The first kappa shape index (κ1) is 14.3. The molecular weight excluding hydrogens is 220 g/mol. The van der Waals surface area contributed by atoms with Crippen LogP contribution in [-0.4, -0.2) is 37.1 Å². The van der Waals surface area contributed by atoms with Crippen LogP contribution < -0.4 is 5.32 Å². The Kier molecular flexibility index (Phi) is 5.50. The lowest BCUT2D eigenvalue weighted by Gasteiger charge is -2.46. The van der Waals surface area contributed by atoms with Crippen LogP contribution in [0.2, 0.25) is 0 Å². The van der Waals surface area contributed by atoms with Crippen LogP contribution in [0.15, 0.2) is 0 Å². The fraction of sp³-hybridized carbons (Fsp3) is 1.00. The minimum atomic E-state index is 0.713. The summed E-state index contributed by atoms with van der Waals surface area (Å²) in [5.74, 6) is 0. The molecule has 0 unspecified atom stereocenters. The molecule has 0 amide bonds. The molecule has 2 heterocycles. The van der Waals surface area contributed by atoms with Gasteiger partial charge in [0.1, 0.15) is 0 Å². The van der Waals surface area contributed by atoms with Crippen LogP contribution in [0.25, 0.3) is 0 Å². The Hall–Kier alpha value is -0.0800. The molecule has 1 spiro atoms. The normalized spacial score (nSPS) is 24.8. The largest absolute Gasteiger partial charge is 0.317 e. The second kappa shape index (κ2) is 6.91. The Morgan fingerprint density at radius 2 is 1.50 bits per heavy atom. The molecule has 2 aliphatic heterocycles. The maximum absolute atomic E-state index is 3.52. The van der Waals surface area contributed by atoms with Crippen LogP contribution in [-0.2, 0) is 0 Å². The smallest absolute Gasteiger partial charge is 0.00950 e.